The Labute approximate surface area is 193 Å². The highest BCUT2D eigenvalue weighted by Crippen LogP contribution is 2.23. The number of piperidine rings is 1. The van der Waals surface area contributed by atoms with Crippen LogP contribution in [0.1, 0.15) is 28.8 Å². The molecule has 0 aliphatic carbocycles. The first-order valence-electron chi connectivity index (χ1n) is 11.3. The van der Waals surface area contributed by atoms with E-state index in [9.17, 15) is 14.0 Å². The molecule has 2 aromatic carbocycles. The predicted molar refractivity (Wildman–Crippen MR) is 123 cm³/mol. The Morgan fingerprint density at radius 1 is 0.875 bits per heavy atom. The van der Waals surface area contributed by atoms with Crippen molar-refractivity contribution in [2.24, 2.45) is 5.92 Å². The average molecular weight is 458 g/mol. The number of halogens is 2. The van der Waals surface area contributed by atoms with Crippen LogP contribution < -0.4 is 0 Å². The summed E-state index contributed by atoms with van der Waals surface area (Å²) >= 11 is 6.14. The van der Waals surface area contributed by atoms with E-state index < -0.39 is 0 Å². The second-order valence-electron chi connectivity index (χ2n) is 8.64. The zero-order chi connectivity index (χ0) is 22.5. The van der Waals surface area contributed by atoms with Gasteiger partial charge in [0.25, 0.3) is 0 Å². The maximum atomic E-state index is 14.0. The Morgan fingerprint density at radius 3 is 2.22 bits per heavy atom. The third-order valence-electron chi connectivity index (χ3n) is 6.54. The largest absolute Gasteiger partial charge is 0.339 e. The highest BCUT2D eigenvalue weighted by molar-refractivity contribution is 6.31. The van der Waals surface area contributed by atoms with Gasteiger partial charge >= 0.3 is 0 Å². The molecule has 2 fully saturated rings. The van der Waals surface area contributed by atoms with E-state index in [0.29, 0.717) is 49.9 Å². The Bertz CT molecular complexity index is 919. The molecule has 2 aromatic rings. The Hall–Kier alpha value is -2.28. The second-order valence-corrected chi connectivity index (χ2v) is 9.05. The summed E-state index contributed by atoms with van der Waals surface area (Å²) in [7, 11) is 0. The summed E-state index contributed by atoms with van der Waals surface area (Å²) in [6.45, 7) is 5.04. The molecule has 0 atom stereocenters. The number of amides is 1. The molecule has 2 aliphatic rings. The molecule has 0 unspecified atom stereocenters. The van der Waals surface area contributed by atoms with Crippen molar-refractivity contribution in [2.45, 2.75) is 19.4 Å². The summed E-state index contributed by atoms with van der Waals surface area (Å²) in [4.78, 5) is 31.6. The van der Waals surface area contributed by atoms with Gasteiger partial charge in [0.15, 0.2) is 5.78 Å². The maximum absolute atomic E-state index is 14.0. The molecule has 2 heterocycles. The van der Waals surface area contributed by atoms with Gasteiger partial charge in [0, 0.05) is 54.8 Å². The number of hydrogen-bond donors (Lipinski definition) is 0. The third-order valence-corrected chi connectivity index (χ3v) is 6.90. The number of hydrogen-bond acceptors (Lipinski definition) is 4. The number of carbonyl (C=O) groups excluding carboxylic acids is 2. The van der Waals surface area contributed by atoms with Crippen LogP contribution >= 0.6 is 11.6 Å². The van der Waals surface area contributed by atoms with Gasteiger partial charge < -0.3 is 4.90 Å². The van der Waals surface area contributed by atoms with Crippen LogP contribution in [0.25, 0.3) is 0 Å². The molecule has 170 valence electrons. The van der Waals surface area contributed by atoms with E-state index >= 15 is 0 Å². The van der Waals surface area contributed by atoms with E-state index in [0.717, 1.165) is 31.5 Å². The van der Waals surface area contributed by atoms with Crippen LogP contribution in [0.15, 0.2) is 48.5 Å². The zero-order valence-corrected chi connectivity index (χ0v) is 18.9. The fourth-order valence-electron chi connectivity index (χ4n) is 4.55. The number of Topliss-reactive ketones (excluding diaryl/α,β-unsaturated/α-hetero) is 1. The van der Waals surface area contributed by atoms with Gasteiger partial charge in [-0.15, -0.1) is 0 Å². The molecule has 5 nitrogen and oxygen atoms in total. The van der Waals surface area contributed by atoms with Gasteiger partial charge in [0.1, 0.15) is 5.82 Å². The number of piperazine rings is 1. The fourth-order valence-corrected chi connectivity index (χ4v) is 4.77. The number of ketones is 1. The summed E-state index contributed by atoms with van der Waals surface area (Å²) in [5.74, 6) is 0.0896. The van der Waals surface area contributed by atoms with Crippen molar-refractivity contribution in [2.75, 3.05) is 45.8 Å². The standard InChI is InChI=1S/C25H29ClFN3O2/c26-22-7-4-8-23(27)21(22)17-29-13-15-30(16-14-29)24(31)18-28-11-9-20(10-12-28)25(32)19-5-2-1-3-6-19/h1-8,20H,9-18H2. The van der Waals surface area contributed by atoms with Gasteiger partial charge in [-0.25, -0.2) is 4.39 Å². The summed E-state index contributed by atoms with van der Waals surface area (Å²) < 4.78 is 14.0. The van der Waals surface area contributed by atoms with Crippen LogP contribution in [0, 0.1) is 11.7 Å². The molecule has 0 saturated carbocycles. The number of benzene rings is 2. The molecule has 32 heavy (non-hydrogen) atoms. The van der Waals surface area contributed by atoms with E-state index in [-0.39, 0.29) is 23.4 Å². The van der Waals surface area contributed by atoms with Crippen molar-refractivity contribution in [1.29, 1.82) is 0 Å². The molecule has 2 aliphatic heterocycles. The van der Waals surface area contributed by atoms with Crippen LogP contribution in [-0.4, -0.2) is 72.2 Å². The highest BCUT2D eigenvalue weighted by atomic mass is 35.5. The third kappa shape index (κ3) is 5.55. The number of carbonyl (C=O) groups is 2. The number of likely N-dealkylation sites (tertiary alicyclic amines) is 1. The summed E-state index contributed by atoms with van der Waals surface area (Å²) in [6, 6.07) is 14.2. The molecule has 4 rings (SSSR count). The Balaban J connectivity index is 1.21. The average Bonchev–Trinajstić information content (AvgIpc) is 2.82. The first-order chi connectivity index (χ1) is 15.5. The lowest BCUT2D eigenvalue weighted by Crippen LogP contribution is -2.51. The van der Waals surface area contributed by atoms with E-state index in [4.69, 9.17) is 11.6 Å². The first-order valence-corrected chi connectivity index (χ1v) is 11.6. The zero-order valence-electron chi connectivity index (χ0n) is 18.2. The van der Waals surface area contributed by atoms with Gasteiger partial charge in [0.05, 0.1) is 6.54 Å². The lowest BCUT2D eigenvalue weighted by Gasteiger charge is -2.37. The van der Waals surface area contributed by atoms with Crippen molar-refractivity contribution in [1.82, 2.24) is 14.7 Å². The SMILES string of the molecule is O=C(c1ccccc1)C1CCN(CC(=O)N2CCN(Cc3c(F)cccc3Cl)CC2)CC1. The van der Waals surface area contributed by atoms with Gasteiger partial charge in [-0.3, -0.25) is 19.4 Å². The normalized spacial score (nSPS) is 18.6. The topological polar surface area (TPSA) is 43.9 Å². The van der Waals surface area contributed by atoms with Crippen LogP contribution in [0.2, 0.25) is 5.02 Å². The lowest BCUT2D eigenvalue weighted by molar-refractivity contribution is -0.134. The lowest BCUT2D eigenvalue weighted by atomic mass is 9.89. The molecule has 1 amide bonds. The van der Waals surface area contributed by atoms with Gasteiger partial charge in [-0.1, -0.05) is 48.0 Å². The van der Waals surface area contributed by atoms with Gasteiger partial charge in [0.2, 0.25) is 5.91 Å². The molecular weight excluding hydrogens is 429 g/mol. The molecule has 0 N–H and O–H groups in total. The monoisotopic (exact) mass is 457 g/mol. The molecule has 7 heteroatoms. The van der Waals surface area contributed by atoms with Crippen LogP contribution in [0.5, 0.6) is 0 Å². The van der Waals surface area contributed by atoms with Crippen molar-refractivity contribution < 1.29 is 14.0 Å². The van der Waals surface area contributed by atoms with E-state index in [1.54, 1.807) is 12.1 Å². The van der Waals surface area contributed by atoms with Crippen LogP contribution in [0.3, 0.4) is 0 Å². The fraction of sp³-hybridized carbons (Fsp3) is 0.440. The van der Waals surface area contributed by atoms with Crippen molar-refractivity contribution in [3.05, 3.63) is 70.5 Å². The summed E-state index contributed by atoms with van der Waals surface area (Å²) in [5.41, 5.74) is 1.29. The smallest absolute Gasteiger partial charge is 0.236 e. The van der Waals surface area contributed by atoms with Crippen LogP contribution in [0.4, 0.5) is 4.39 Å². The highest BCUT2D eigenvalue weighted by Gasteiger charge is 2.28. The molecular formula is C25H29ClFN3O2. The van der Waals surface area contributed by atoms with Crippen molar-refractivity contribution in [3.63, 3.8) is 0 Å². The van der Waals surface area contributed by atoms with E-state index in [1.807, 2.05) is 35.2 Å². The number of rotatable bonds is 6. The minimum atomic E-state index is -0.287. The van der Waals surface area contributed by atoms with Gasteiger partial charge in [-0.2, -0.15) is 0 Å². The Morgan fingerprint density at radius 2 is 1.56 bits per heavy atom. The second kappa shape index (κ2) is 10.6. The minimum Gasteiger partial charge on any atom is -0.339 e. The van der Waals surface area contributed by atoms with E-state index in [1.165, 1.54) is 6.07 Å². The molecule has 0 radical (unpaired) electrons. The molecule has 0 spiro atoms. The predicted octanol–water partition coefficient (Wildman–Crippen LogP) is 3.72. The molecule has 0 aromatic heterocycles. The molecule has 2 saturated heterocycles. The molecule has 0 bridgehead atoms. The Kier molecular flexibility index (Phi) is 7.55. The number of nitrogens with zero attached hydrogens (tertiary/aromatic N) is 3. The van der Waals surface area contributed by atoms with E-state index in [2.05, 4.69) is 9.80 Å². The van der Waals surface area contributed by atoms with Gasteiger partial charge in [-0.05, 0) is 38.1 Å². The van der Waals surface area contributed by atoms with Crippen molar-refractivity contribution in [3.8, 4) is 0 Å². The summed E-state index contributed by atoms with van der Waals surface area (Å²) in [6.07, 6.45) is 1.58. The van der Waals surface area contributed by atoms with Crippen LogP contribution in [-0.2, 0) is 11.3 Å². The minimum absolute atomic E-state index is 0.0394. The maximum Gasteiger partial charge on any atom is 0.236 e. The van der Waals surface area contributed by atoms with Crippen molar-refractivity contribution >= 4 is 23.3 Å². The first kappa shape index (κ1) is 22.9. The summed E-state index contributed by atoms with van der Waals surface area (Å²) in [5, 5.41) is 0.442. The quantitative estimate of drug-likeness (QED) is 0.620.